The van der Waals surface area contributed by atoms with Crippen LogP contribution in [0.4, 0.5) is 0 Å². The molecule has 0 bridgehead atoms. The molecule has 0 spiro atoms. The summed E-state index contributed by atoms with van der Waals surface area (Å²) >= 11 is 0. The van der Waals surface area contributed by atoms with Crippen LogP contribution in [0, 0.1) is 5.41 Å². The number of benzene rings is 1. The minimum atomic E-state index is -0.0406. The number of nitrogens with one attached hydrogen (secondary N) is 1. The fraction of sp³-hybridized carbons (Fsp3) is 0.222. The lowest BCUT2D eigenvalue weighted by Gasteiger charge is -2.04. The van der Waals surface area contributed by atoms with Crippen molar-refractivity contribution in [2.24, 2.45) is 5.73 Å². The van der Waals surface area contributed by atoms with Gasteiger partial charge in [-0.15, -0.1) is 12.4 Å². The van der Waals surface area contributed by atoms with Gasteiger partial charge in [0.2, 0.25) is 0 Å². The SMILES string of the molecule is Cl.N=C(N)C1COc2ccccc21. The number of ether oxygens (including phenoxy) is 1. The molecular formula is C9H11ClN2O. The lowest BCUT2D eigenvalue weighted by atomic mass is 10.0. The summed E-state index contributed by atoms with van der Waals surface area (Å²) in [5, 5.41) is 7.32. The quantitative estimate of drug-likeness (QED) is 0.531. The Morgan fingerprint density at radius 2 is 2.15 bits per heavy atom. The first-order valence-corrected chi connectivity index (χ1v) is 3.84. The summed E-state index contributed by atoms with van der Waals surface area (Å²) in [4.78, 5) is 0. The Hall–Kier alpha value is -1.22. The lowest BCUT2D eigenvalue weighted by Crippen LogP contribution is -2.21. The number of para-hydroxylation sites is 1. The average molecular weight is 199 g/mol. The van der Waals surface area contributed by atoms with Gasteiger partial charge in [-0.3, -0.25) is 5.41 Å². The van der Waals surface area contributed by atoms with Gasteiger partial charge >= 0.3 is 0 Å². The van der Waals surface area contributed by atoms with Crippen molar-refractivity contribution in [1.82, 2.24) is 0 Å². The molecule has 4 heteroatoms. The maximum atomic E-state index is 7.32. The standard InChI is InChI=1S/C9H10N2O.ClH/c10-9(11)7-5-12-8-4-2-1-3-6(7)8;/h1-4,7H,5H2,(H3,10,11);1H. The molecule has 1 atom stereocenters. The highest BCUT2D eigenvalue weighted by Gasteiger charge is 2.25. The molecule has 0 fully saturated rings. The Bertz CT molecular complexity index is 327. The number of halogens is 1. The van der Waals surface area contributed by atoms with Crippen molar-refractivity contribution in [3.05, 3.63) is 29.8 Å². The first-order chi connectivity index (χ1) is 5.79. The third-order valence-electron chi connectivity index (χ3n) is 2.08. The number of fused-ring (bicyclic) bond motifs is 1. The van der Waals surface area contributed by atoms with Crippen molar-refractivity contribution in [3.63, 3.8) is 0 Å². The number of hydrogen-bond donors (Lipinski definition) is 2. The maximum Gasteiger partial charge on any atom is 0.123 e. The molecular weight excluding hydrogens is 188 g/mol. The highest BCUT2D eigenvalue weighted by molar-refractivity contribution is 5.86. The first kappa shape index (κ1) is 9.86. The Morgan fingerprint density at radius 3 is 2.85 bits per heavy atom. The highest BCUT2D eigenvalue weighted by atomic mass is 35.5. The predicted octanol–water partition coefficient (Wildman–Crippen LogP) is 1.52. The van der Waals surface area contributed by atoms with E-state index in [1.807, 2.05) is 24.3 Å². The summed E-state index contributed by atoms with van der Waals surface area (Å²) in [6, 6.07) is 7.71. The Kier molecular flexibility index (Phi) is 2.78. The predicted molar refractivity (Wildman–Crippen MR) is 53.8 cm³/mol. The smallest absolute Gasteiger partial charge is 0.123 e. The molecule has 0 saturated heterocycles. The summed E-state index contributed by atoms with van der Waals surface area (Å²) in [7, 11) is 0. The number of nitrogens with two attached hydrogens (primary N) is 1. The molecule has 0 aromatic heterocycles. The summed E-state index contributed by atoms with van der Waals surface area (Å²) in [6.07, 6.45) is 0. The lowest BCUT2D eigenvalue weighted by molar-refractivity contribution is 0.349. The molecule has 1 aliphatic rings. The molecule has 1 aliphatic heterocycles. The van der Waals surface area contributed by atoms with Crippen LogP contribution >= 0.6 is 12.4 Å². The fourth-order valence-corrected chi connectivity index (χ4v) is 1.42. The second-order valence-electron chi connectivity index (χ2n) is 2.86. The van der Waals surface area contributed by atoms with Gasteiger partial charge in [-0.2, -0.15) is 0 Å². The minimum Gasteiger partial charge on any atom is -0.492 e. The van der Waals surface area contributed by atoms with Gasteiger partial charge in [0, 0.05) is 5.56 Å². The van der Waals surface area contributed by atoms with E-state index in [-0.39, 0.29) is 24.2 Å². The monoisotopic (exact) mass is 198 g/mol. The van der Waals surface area contributed by atoms with Gasteiger partial charge in [0.25, 0.3) is 0 Å². The van der Waals surface area contributed by atoms with Crippen LogP contribution in [-0.2, 0) is 0 Å². The maximum absolute atomic E-state index is 7.32. The molecule has 1 unspecified atom stereocenters. The van der Waals surface area contributed by atoms with E-state index in [2.05, 4.69) is 0 Å². The van der Waals surface area contributed by atoms with Gasteiger partial charge in [0.1, 0.15) is 18.2 Å². The molecule has 0 amide bonds. The zero-order chi connectivity index (χ0) is 8.55. The van der Waals surface area contributed by atoms with E-state index in [9.17, 15) is 0 Å². The van der Waals surface area contributed by atoms with E-state index in [4.69, 9.17) is 15.9 Å². The highest BCUT2D eigenvalue weighted by Crippen LogP contribution is 2.32. The van der Waals surface area contributed by atoms with E-state index in [0.29, 0.717) is 6.61 Å². The van der Waals surface area contributed by atoms with Crippen molar-refractivity contribution < 1.29 is 4.74 Å². The Morgan fingerprint density at radius 1 is 1.46 bits per heavy atom. The topological polar surface area (TPSA) is 59.1 Å². The van der Waals surface area contributed by atoms with Gasteiger partial charge in [-0.25, -0.2) is 0 Å². The summed E-state index contributed by atoms with van der Waals surface area (Å²) in [5.41, 5.74) is 6.45. The molecule has 1 aromatic rings. The molecule has 0 radical (unpaired) electrons. The van der Waals surface area contributed by atoms with Gasteiger partial charge in [0.15, 0.2) is 0 Å². The van der Waals surface area contributed by atoms with E-state index < -0.39 is 0 Å². The third-order valence-corrected chi connectivity index (χ3v) is 2.08. The molecule has 0 saturated carbocycles. The van der Waals surface area contributed by atoms with Gasteiger partial charge in [0.05, 0.1) is 5.92 Å². The normalized spacial score (nSPS) is 18.3. The molecule has 1 heterocycles. The minimum absolute atomic E-state index is 0. The summed E-state index contributed by atoms with van der Waals surface area (Å²) in [6.45, 7) is 0.509. The van der Waals surface area contributed by atoms with Crippen molar-refractivity contribution in [1.29, 1.82) is 5.41 Å². The molecule has 2 rings (SSSR count). The van der Waals surface area contributed by atoms with E-state index >= 15 is 0 Å². The Labute approximate surface area is 82.8 Å². The molecule has 3 nitrogen and oxygen atoms in total. The molecule has 70 valence electrons. The van der Waals surface area contributed by atoms with Crippen LogP contribution < -0.4 is 10.5 Å². The summed E-state index contributed by atoms with van der Waals surface area (Å²) in [5.74, 6) is 0.999. The largest absolute Gasteiger partial charge is 0.492 e. The molecule has 1 aromatic carbocycles. The van der Waals surface area contributed by atoms with E-state index in [0.717, 1.165) is 11.3 Å². The molecule has 0 aliphatic carbocycles. The summed E-state index contributed by atoms with van der Waals surface area (Å²) < 4.78 is 5.35. The molecule has 3 N–H and O–H groups in total. The number of amidine groups is 1. The first-order valence-electron chi connectivity index (χ1n) is 3.84. The van der Waals surface area contributed by atoms with E-state index in [1.54, 1.807) is 0 Å². The number of rotatable bonds is 1. The third kappa shape index (κ3) is 1.60. The van der Waals surface area contributed by atoms with Crippen molar-refractivity contribution in [3.8, 4) is 5.75 Å². The second-order valence-corrected chi connectivity index (χ2v) is 2.86. The van der Waals surface area contributed by atoms with Crippen LogP contribution in [0.3, 0.4) is 0 Å². The van der Waals surface area contributed by atoms with E-state index in [1.165, 1.54) is 0 Å². The van der Waals surface area contributed by atoms with Gasteiger partial charge in [-0.05, 0) is 6.07 Å². The zero-order valence-electron chi connectivity index (χ0n) is 6.99. The van der Waals surface area contributed by atoms with Crippen LogP contribution in [0.25, 0.3) is 0 Å². The van der Waals surface area contributed by atoms with Crippen LogP contribution in [0.2, 0.25) is 0 Å². The fourth-order valence-electron chi connectivity index (χ4n) is 1.42. The molecule has 13 heavy (non-hydrogen) atoms. The average Bonchev–Trinajstić information content (AvgIpc) is 2.47. The zero-order valence-corrected chi connectivity index (χ0v) is 7.80. The van der Waals surface area contributed by atoms with Crippen LogP contribution in [-0.4, -0.2) is 12.4 Å². The van der Waals surface area contributed by atoms with Crippen LogP contribution in [0.15, 0.2) is 24.3 Å². The number of hydrogen-bond acceptors (Lipinski definition) is 2. The van der Waals surface area contributed by atoms with Crippen LogP contribution in [0.1, 0.15) is 11.5 Å². The Balaban J connectivity index is 0.000000845. The van der Waals surface area contributed by atoms with Crippen molar-refractivity contribution in [2.45, 2.75) is 5.92 Å². The van der Waals surface area contributed by atoms with Gasteiger partial charge in [-0.1, -0.05) is 18.2 Å². The van der Waals surface area contributed by atoms with Gasteiger partial charge < -0.3 is 10.5 Å². The van der Waals surface area contributed by atoms with Crippen molar-refractivity contribution in [2.75, 3.05) is 6.61 Å². The van der Waals surface area contributed by atoms with Crippen LogP contribution in [0.5, 0.6) is 5.75 Å². The van der Waals surface area contributed by atoms with Crippen molar-refractivity contribution >= 4 is 18.2 Å². The second kappa shape index (κ2) is 3.66.